The van der Waals surface area contributed by atoms with Crippen LogP contribution in [-0.4, -0.2) is 49.8 Å². The molecular formula is C12H26N2O. The van der Waals surface area contributed by atoms with Gasteiger partial charge in [0.05, 0.1) is 6.61 Å². The third-order valence-corrected chi connectivity index (χ3v) is 3.80. The summed E-state index contributed by atoms with van der Waals surface area (Å²) in [6, 6.07) is 0.654. The minimum atomic E-state index is 0.310. The van der Waals surface area contributed by atoms with E-state index in [-0.39, 0.29) is 0 Å². The molecule has 1 N–H and O–H groups in total. The molecule has 0 aliphatic carbocycles. The lowest BCUT2D eigenvalue weighted by atomic mass is 9.91. The molecule has 3 heteroatoms. The minimum absolute atomic E-state index is 0.310. The van der Waals surface area contributed by atoms with E-state index in [4.69, 9.17) is 4.74 Å². The number of hydrogen-bond acceptors (Lipinski definition) is 3. The van der Waals surface area contributed by atoms with Crippen LogP contribution in [0.5, 0.6) is 0 Å². The summed E-state index contributed by atoms with van der Waals surface area (Å²) < 4.78 is 5.19. The zero-order valence-corrected chi connectivity index (χ0v) is 10.7. The number of rotatable bonds is 5. The zero-order valence-electron chi connectivity index (χ0n) is 10.7. The van der Waals surface area contributed by atoms with Gasteiger partial charge in [-0.2, -0.15) is 0 Å². The lowest BCUT2D eigenvalue weighted by Crippen LogP contribution is -2.63. The second kappa shape index (κ2) is 5.83. The molecule has 1 aliphatic rings. The molecule has 1 rings (SSSR count). The minimum Gasteiger partial charge on any atom is -0.383 e. The molecule has 90 valence electrons. The molecule has 15 heavy (non-hydrogen) atoms. The van der Waals surface area contributed by atoms with Crippen LogP contribution in [0.25, 0.3) is 0 Å². The summed E-state index contributed by atoms with van der Waals surface area (Å²) >= 11 is 0. The normalized spacial score (nSPS) is 33.2. The van der Waals surface area contributed by atoms with E-state index in [1.807, 2.05) is 0 Å². The molecule has 1 aliphatic heterocycles. The van der Waals surface area contributed by atoms with Crippen LogP contribution in [0.2, 0.25) is 0 Å². The fourth-order valence-corrected chi connectivity index (χ4v) is 2.21. The first-order chi connectivity index (χ1) is 7.16. The lowest BCUT2D eigenvalue weighted by Gasteiger charge is -2.47. The summed E-state index contributed by atoms with van der Waals surface area (Å²) in [5, 5.41) is 3.63. The van der Waals surface area contributed by atoms with Gasteiger partial charge < -0.3 is 10.1 Å². The average molecular weight is 214 g/mol. The maximum absolute atomic E-state index is 5.19. The van der Waals surface area contributed by atoms with E-state index in [9.17, 15) is 0 Å². The molecule has 0 aromatic heterocycles. The van der Waals surface area contributed by atoms with Crippen LogP contribution in [0.3, 0.4) is 0 Å². The van der Waals surface area contributed by atoms with Gasteiger partial charge >= 0.3 is 0 Å². The van der Waals surface area contributed by atoms with Crippen molar-refractivity contribution in [1.82, 2.24) is 10.2 Å². The molecule has 0 radical (unpaired) electrons. The van der Waals surface area contributed by atoms with Gasteiger partial charge in [-0.15, -0.1) is 0 Å². The Balaban J connectivity index is 2.56. The van der Waals surface area contributed by atoms with Gasteiger partial charge in [0.15, 0.2) is 0 Å². The molecule has 1 heterocycles. The van der Waals surface area contributed by atoms with Crippen LogP contribution in [0.1, 0.15) is 33.6 Å². The van der Waals surface area contributed by atoms with E-state index in [1.54, 1.807) is 7.11 Å². The Morgan fingerprint density at radius 2 is 2.20 bits per heavy atom. The van der Waals surface area contributed by atoms with Crippen molar-refractivity contribution >= 4 is 0 Å². The summed E-state index contributed by atoms with van der Waals surface area (Å²) in [7, 11) is 1.78. The number of nitrogens with one attached hydrogen (secondary N) is 1. The van der Waals surface area contributed by atoms with Crippen molar-refractivity contribution in [1.29, 1.82) is 0 Å². The van der Waals surface area contributed by atoms with Crippen molar-refractivity contribution in [2.24, 2.45) is 0 Å². The lowest BCUT2D eigenvalue weighted by molar-refractivity contribution is 0.0259. The Hall–Kier alpha value is -0.120. The molecule has 3 nitrogen and oxygen atoms in total. The maximum Gasteiger partial charge on any atom is 0.0589 e. The SMILES string of the molecule is CCC1CN(CCOC)C(C)(CC)CN1. The van der Waals surface area contributed by atoms with Crippen molar-refractivity contribution in [3.05, 3.63) is 0 Å². The van der Waals surface area contributed by atoms with Crippen LogP contribution in [0.4, 0.5) is 0 Å². The van der Waals surface area contributed by atoms with Crippen molar-refractivity contribution in [3.63, 3.8) is 0 Å². The van der Waals surface area contributed by atoms with Crippen LogP contribution in [-0.2, 0) is 4.74 Å². The van der Waals surface area contributed by atoms with Crippen molar-refractivity contribution < 1.29 is 4.74 Å². The number of nitrogens with zero attached hydrogens (tertiary/aromatic N) is 1. The maximum atomic E-state index is 5.19. The number of hydrogen-bond donors (Lipinski definition) is 1. The second-order valence-electron chi connectivity index (χ2n) is 4.78. The molecule has 0 spiro atoms. The number of ether oxygens (including phenoxy) is 1. The van der Waals surface area contributed by atoms with Gasteiger partial charge in [-0.25, -0.2) is 0 Å². The number of methoxy groups -OCH3 is 1. The third-order valence-electron chi connectivity index (χ3n) is 3.80. The molecule has 0 aromatic carbocycles. The Labute approximate surface area is 94.2 Å². The quantitative estimate of drug-likeness (QED) is 0.750. The summed E-state index contributed by atoms with van der Waals surface area (Å²) in [6.45, 7) is 11.0. The first-order valence-corrected chi connectivity index (χ1v) is 6.13. The predicted molar refractivity (Wildman–Crippen MR) is 64.2 cm³/mol. The summed E-state index contributed by atoms with van der Waals surface area (Å²) in [4.78, 5) is 2.58. The molecular weight excluding hydrogens is 188 g/mol. The topological polar surface area (TPSA) is 24.5 Å². The van der Waals surface area contributed by atoms with E-state index in [0.717, 1.165) is 26.2 Å². The van der Waals surface area contributed by atoms with Gasteiger partial charge in [-0.1, -0.05) is 13.8 Å². The van der Waals surface area contributed by atoms with E-state index in [2.05, 4.69) is 31.0 Å². The molecule has 2 atom stereocenters. The Bertz CT molecular complexity index is 186. The predicted octanol–water partition coefficient (Wildman–Crippen LogP) is 1.49. The fraction of sp³-hybridized carbons (Fsp3) is 1.00. The molecule has 0 amide bonds. The van der Waals surface area contributed by atoms with Gasteiger partial charge in [0.1, 0.15) is 0 Å². The van der Waals surface area contributed by atoms with Gasteiger partial charge in [-0.05, 0) is 19.8 Å². The smallest absolute Gasteiger partial charge is 0.0589 e. The molecule has 0 saturated carbocycles. The highest BCUT2D eigenvalue weighted by Crippen LogP contribution is 2.23. The first-order valence-electron chi connectivity index (χ1n) is 6.13. The summed E-state index contributed by atoms with van der Waals surface area (Å²) in [5.74, 6) is 0. The van der Waals surface area contributed by atoms with Crippen LogP contribution in [0.15, 0.2) is 0 Å². The van der Waals surface area contributed by atoms with E-state index >= 15 is 0 Å². The molecule has 0 aromatic rings. The Morgan fingerprint density at radius 1 is 1.47 bits per heavy atom. The summed E-state index contributed by atoms with van der Waals surface area (Å²) in [5.41, 5.74) is 0.310. The monoisotopic (exact) mass is 214 g/mol. The van der Waals surface area contributed by atoms with Crippen LogP contribution < -0.4 is 5.32 Å². The van der Waals surface area contributed by atoms with E-state index < -0.39 is 0 Å². The fourth-order valence-electron chi connectivity index (χ4n) is 2.21. The first kappa shape index (κ1) is 12.9. The third kappa shape index (κ3) is 3.16. The average Bonchev–Trinajstić information content (AvgIpc) is 2.28. The van der Waals surface area contributed by atoms with Gasteiger partial charge in [0.25, 0.3) is 0 Å². The Morgan fingerprint density at radius 3 is 2.73 bits per heavy atom. The van der Waals surface area contributed by atoms with Crippen molar-refractivity contribution in [2.45, 2.75) is 45.2 Å². The zero-order chi connectivity index (χ0) is 11.3. The number of piperazine rings is 1. The second-order valence-corrected chi connectivity index (χ2v) is 4.78. The molecule has 2 unspecified atom stereocenters. The largest absolute Gasteiger partial charge is 0.383 e. The van der Waals surface area contributed by atoms with Gasteiger partial charge in [-0.3, -0.25) is 4.90 Å². The molecule has 0 bridgehead atoms. The molecule has 1 saturated heterocycles. The van der Waals surface area contributed by atoms with Gasteiger partial charge in [0.2, 0.25) is 0 Å². The highest BCUT2D eigenvalue weighted by Gasteiger charge is 2.35. The van der Waals surface area contributed by atoms with E-state index in [0.29, 0.717) is 11.6 Å². The Kier molecular flexibility index (Phi) is 5.03. The highest BCUT2D eigenvalue weighted by molar-refractivity contribution is 4.94. The van der Waals surface area contributed by atoms with Crippen LogP contribution in [0, 0.1) is 0 Å². The van der Waals surface area contributed by atoms with Gasteiger partial charge in [0, 0.05) is 38.3 Å². The van der Waals surface area contributed by atoms with E-state index in [1.165, 1.54) is 12.8 Å². The summed E-state index contributed by atoms with van der Waals surface area (Å²) in [6.07, 6.45) is 2.41. The highest BCUT2D eigenvalue weighted by atomic mass is 16.5. The molecule has 1 fully saturated rings. The standard InChI is InChI=1S/C12H26N2O/c1-5-11-9-14(7-8-15-4)12(3,6-2)10-13-11/h11,13H,5-10H2,1-4H3. The van der Waals surface area contributed by atoms with Crippen molar-refractivity contribution in [3.8, 4) is 0 Å². The van der Waals surface area contributed by atoms with Crippen LogP contribution >= 0.6 is 0 Å². The van der Waals surface area contributed by atoms with Crippen molar-refractivity contribution in [2.75, 3.05) is 33.4 Å².